The van der Waals surface area contributed by atoms with Crippen molar-refractivity contribution in [2.24, 2.45) is 10.7 Å². The molecule has 0 saturated carbocycles. The lowest BCUT2D eigenvalue weighted by molar-refractivity contribution is 0.158. The van der Waals surface area contributed by atoms with Crippen LogP contribution < -0.4 is 11.1 Å². The summed E-state index contributed by atoms with van der Waals surface area (Å²) in [6, 6.07) is 0. The Kier molecular flexibility index (Phi) is 5.37. The van der Waals surface area contributed by atoms with Crippen molar-refractivity contribution in [3.63, 3.8) is 0 Å². The molecule has 0 heterocycles. The first-order valence-electron chi connectivity index (χ1n) is 3.42. The van der Waals surface area contributed by atoms with E-state index in [2.05, 4.69) is 27.3 Å². The number of ether oxygens (including phenoxy) is 1. The summed E-state index contributed by atoms with van der Waals surface area (Å²) in [6.45, 7) is 1.91. The van der Waals surface area contributed by atoms with Crippen LogP contribution in [0.3, 0.4) is 0 Å². The average molecular weight is 202 g/mol. The Morgan fingerprint density at radius 3 is 2.92 bits per heavy atom. The molecule has 72 valence electrons. The minimum absolute atomic E-state index is 0.0817. The Balaban J connectivity index is 4.01. The van der Waals surface area contributed by atoms with E-state index in [1.807, 2.05) is 0 Å². The Morgan fingerprint density at radius 1 is 1.85 bits per heavy atom. The summed E-state index contributed by atoms with van der Waals surface area (Å²) in [6.07, 6.45) is 0.133. The maximum Gasteiger partial charge on any atom is 0.413 e. The quantitative estimate of drug-likeness (QED) is 0.334. The minimum atomic E-state index is -0.686. The zero-order valence-corrected chi connectivity index (χ0v) is 7.85. The van der Waals surface area contributed by atoms with Crippen molar-refractivity contribution in [2.45, 2.75) is 6.92 Å². The molecule has 0 saturated heterocycles. The summed E-state index contributed by atoms with van der Waals surface area (Å²) >= 11 is 4.60. The SMILES string of the molecule is CCOC(=O)NC(=S)/N=C(/N)C=N. The van der Waals surface area contributed by atoms with Crippen LogP contribution in [0, 0.1) is 5.41 Å². The molecule has 1 amide bonds. The molecule has 6 nitrogen and oxygen atoms in total. The number of carbonyl (C=O) groups is 1. The number of nitrogens with two attached hydrogens (primary N) is 1. The molecule has 0 aromatic carbocycles. The molecule has 0 bridgehead atoms. The van der Waals surface area contributed by atoms with Gasteiger partial charge in [0.1, 0.15) is 5.84 Å². The van der Waals surface area contributed by atoms with Gasteiger partial charge in [0.15, 0.2) is 0 Å². The number of aliphatic imine (C=N–C) groups is 1. The van der Waals surface area contributed by atoms with E-state index in [1.54, 1.807) is 6.92 Å². The van der Waals surface area contributed by atoms with Crippen LogP contribution in [0.2, 0.25) is 0 Å². The lowest BCUT2D eigenvalue weighted by atomic mass is 10.7. The number of rotatable bonds is 2. The third kappa shape index (κ3) is 5.74. The second kappa shape index (κ2) is 6.06. The van der Waals surface area contributed by atoms with Gasteiger partial charge in [0.05, 0.1) is 12.8 Å². The van der Waals surface area contributed by atoms with E-state index in [4.69, 9.17) is 11.1 Å². The highest BCUT2D eigenvalue weighted by Crippen LogP contribution is 1.80. The van der Waals surface area contributed by atoms with Crippen molar-refractivity contribution >= 4 is 35.5 Å². The van der Waals surface area contributed by atoms with E-state index in [1.165, 1.54) is 0 Å². The molecule has 4 N–H and O–H groups in total. The third-order valence-corrected chi connectivity index (χ3v) is 1.06. The maximum absolute atomic E-state index is 10.7. The molecular formula is C6H10N4O2S. The van der Waals surface area contributed by atoms with E-state index in [0.29, 0.717) is 0 Å². The number of thiocarbonyl (C=S) groups is 1. The Hall–Kier alpha value is -1.50. The highest BCUT2D eigenvalue weighted by atomic mass is 32.1. The molecule has 0 aliphatic carbocycles. The van der Waals surface area contributed by atoms with Crippen molar-refractivity contribution < 1.29 is 9.53 Å². The highest BCUT2D eigenvalue weighted by Gasteiger charge is 2.02. The lowest BCUT2D eigenvalue weighted by Gasteiger charge is -2.01. The number of amidine groups is 1. The van der Waals surface area contributed by atoms with Crippen molar-refractivity contribution in [2.75, 3.05) is 6.61 Å². The first-order chi connectivity index (χ1) is 6.10. The number of carbonyl (C=O) groups excluding carboxylic acids is 1. The molecule has 0 radical (unpaired) electrons. The van der Waals surface area contributed by atoms with Gasteiger partial charge in [-0.25, -0.2) is 9.79 Å². The summed E-state index contributed by atoms with van der Waals surface area (Å²) in [5.74, 6) is -0.0817. The van der Waals surface area contributed by atoms with Crippen LogP contribution in [0.15, 0.2) is 4.99 Å². The molecular weight excluding hydrogens is 192 g/mol. The van der Waals surface area contributed by atoms with Gasteiger partial charge in [-0.2, -0.15) is 0 Å². The van der Waals surface area contributed by atoms with Crippen LogP contribution in [0.4, 0.5) is 4.79 Å². The van der Waals surface area contributed by atoms with Gasteiger partial charge < -0.3 is 15.9 Å². The van der Waals surface area contributed by atoms with E-state index in [-0.39, 0.29) is 17.6 Å². The van der Waals surface area contributed by atoms with Crippen LogP contribution >= 0.6 is 12.2 Å². The van der Waals surface area contributed by atoms with Gasteiger partial charge in [0.25, 0.3) is 0 Å². The van der Waals surface area contributed by atoms with Crippen LogP contribution in [0.1, 0.15) is 6.92 Å². The number of alkyl carbamates (subject to hydrolysis) is 1. The van der Waals surface area contributed by atoms with Crippen LogP contribution in [-0.4, -0.2) is 29.9 Å². The monoisotopic (exact) mass is 202 g/mol. The summed E-state index contributed by atoms with van der Waals surface area (Å²) in [5, 5.41) is 8.70. The molecule has 0 rings (SSSR count). The molecule has 0 atom stereocenters. The largest absolute Gasteiger partial charge is 0.450 e. The smallest absolute Gasteiger partial charge is 0.413 e. The van der Waals surface area contributed by atoms with Gasteiger partial charge in [0.2, 0.25) is 5.11 Å². The van der Waals surface area contributed by atoms with Crippen molar-refractivity contribution in [3.05, 3.63) is 0 Å². The first-order valence-corrected chi connectivity index (χ1v) is 3.83. The predicted molar refractivity (Wildman–Crippen MR) is 53.2 cm³/mol. The molecule has 0 aliphatic heterocycles. The summed E-state index contributed by atoms with van der Waals surface area (Å²) < 4.78 is 4.52. The topological polar surface area (TPSA) is 101 Å². The molecule has 0 aliphatic rings. The number of hydrogen-bond donors (Lipinski definition) is 3. The normalized spacial score (nSPS) is 10.4. The van der Waals surface area contributed by atoms with Crippen LogP contribution in [0.25, 0.3) is 0 Å². The van der Waals surface area contributed by atoms with Crippen molar-refractivity contribution in [3.8, 4) is 0 Å². The van der Waals surface area contributed by atoms with Gasteiger partial charge in [-0.3, -0.25) is 5.32 Å². The standard InChI is InChI=1S/C6H10N4O2S/c1-2-12-6(11)10-5(13)9-4(8)3-7/h3,7H,2H2,1H3,(H3,8,9,10,11,13). The fourth-order valence-corrected chi connectivity index (χ4v) is 0.621. The number of nitrogens with one attached hydrogen (secondary N) is 2. The van der Waals surface area contributed by atoms with Crippen LogP contribution in [0.5, 0.6) is 0 Å². The van der Waals surface area contributed by atoms with Gasteiger partial charge in [0, 0.05) is 0 Å². The Morgan fingerprint density at radius 2 is 2.46 bits per heavy atom. The second-order valence-corrected chi connectivity index (χ2v) is 2.22. The van der Waals surface area contributed by atoms with Crippen LogP contribution in [-0.2, 0) is 4.74 Å². The highest BCUT2D eigenvalue weighted by molar-refractivity contribution is 7.80. The van der Waals surface area contributed by atoms with Crippen molar-refractivity contribution in [1.29, 1.82) is 5.41 Å². The second-order valence-electron chi connectivity index (χ2n) is 1.83. The number of amides is 1. The third-order valence-electron chi connectivity index (χ3n) is 0.863. The lowest BCUT2D eigenvalue weighted by Crippen LogP contribution is -2.30. The number of nitrogens with zero attached hydrogens (tertiary/aromatic N) is 1. The maximum atomic E-state index is 10.7. The predicted octanol–water partition coefficient (Wildman–Crippen LogP) is 0.0242. The van der Waals surface area contributed by atoms with E-state index < -0.39 is 6.09 Å². The van der Waals surface area contributed by atoms with E-state index in [0.717, 1.165) is 6.21 Å². The molecule has 13 heavy (non-hydrogen) atoms. The van der Waals surface area contributed by atoms with Gasteiger partial charge in [-0.15, -0.1) is 0 Å². The summed E-state index contributed by atoms with van der Waals surface area (Å²) in [7, 11) is 0. The zero-order chi connectivity index (χ0) is 10.3. The van der Waals surface area contributed by atoms with E-state index in [9.17, 15) is 4.79 Å². The number of hydrogen-bond acceptors (Lipinski definition) is 4. The fourth-order valence-electron chi connectivity index (χ4n) is 0.432. The minimum Gasteiger partial charge on any atom is -0.450 e. The molecule has 7 heteroatoms. The molecule has 0 aromatic rings. The Bertz CT molecular complexity index is 251. The molecule has 0 unspecified atom stereocenters. The van der Waals surface area contributed by atoms with Gasteiger partial charge in [-0.1, -0.05) is 0 Å². The summed E-state index contributed by atoms with van der Waals surface area (Å²) in [5.41, 5.74) is 5.15. The molecule has 0 aromatic heterocycles. The molecule has 0 spiro atoms. The average Bonchev–Trinajstić information content (AvgIpc) is 2.04. The first kappa shape index (κ1) is 11.5. The van der Waals surface area contributed by atoms with Gasteiger partial charge >= 0.3 is 6.09 Å². The fraction of sp³-hybridized carbons (Fsp3) is 0.333. The van der Waals surface area contributed by atoms with Crippen molar-refractivity contribution in [1.82, 2.24) is 5.32 Å². The van der Waals surface area contributed by atoms with E-state index >= 15 is 0 Å². The zero-order valence-electron chi connectivity index (χ0n) is 7.03. The van der Waals surface area contributed by atoms with Gasteiger partial charge in [-0.05, 0) is 19.1 Å². The summed E-state index contributed by atoms with van der Waals surface area (Å²) in [4.78, 5) is 14.2. The Labute approximate surface area is 80.7 Å². The molecule has 0 fully saturated rings.